The monoisotopic (exact) mass is 265 g/mol. The molecule has 0 aromatic heterocycles. The van der Waals surface area contributed by atoms with Gasteiger partial charge in [0.1, 0.15) is 0 Å². The molecule has 0 amide bonds. The maximum Gasteiger partial charge on any atom is 0.0229 e. The number of aryl methyl sites for hydroxylation is 1. The van der Waals surface area contributed by atoms with E-state index in [9.17, 15) is 0 Å². The molecule has 1 N–H and O–H groups in total. The molecular formula is C19H23N. The highest BCUT2D eigenvalue weighted by atomic mass is 14.9. The number of hydrogen-bond acceptors (Lipinski definition) is 1. The van der Waals surface area contributed by atoms with Gasteiger partial charge in [0.25, 0.3) is 0 Å². The van der Waals surface area contributed by atoms with Crippen LogP contribution in [0.25, 0.3) is 0 Å². The Bertz CT molecular complexity index is 558. The molecule has 1 fully saturated rings. The predicted octanol–water partition coefficient (Wildman–Crippen LogP) is 4.05. The highest BCUT2D eigenvalue weighted by Crippen LogP contribution is 2.41. The highest BCUT2D eigenvalue weighted by Gasteiger charge is 2.37. The predicted molar refractivity (Wildman–Crippen MR) is 85.1 cm³/mol. The zero-order valence-electron chi connectivity index (χ0n) is 12.4. The Kier molecular flexibility index (Phi) is 3.62. The minimum atomic E-state index is 0.166. The summed E-state index contributed by atoms with van der Waals surface area (Å²) in [5.74, 6) is 0. The first-order valence-corrected chi connectivity index (χ1v) is 7.57. The smallest absolute Gasteiger partial charge is 0.0229 e. The summed E-state index contributed by atoms with van der Waals surface area (Å²) in [4.78, 5) is 0. The molecule has 1 saturated heterocycles. The highest BCUT2D eigenvalue weighted by molar-refractivity contribution is 5.41. The lowest BCUT2D eigenvalue weighted by Gasteiger charge is -2.42. The zero-order valence-corrected chi connectivity index (χ0v) is 12.4. The molecule has 2 unspecified atom stereocenters. The van der Waals surface area contributed by atoms with E-state index in [1.807, 2.05) is 0 Å². The van der Waals surface area contributed by atoms with Crippen molar-refractivity contribution in [3.8, 4) is 0 Å². The van der Waals surface area contributed by atoms with Crippen molar-refractivity contribution < 1.29 is 0 Å². The fraction of sp³-hybridized carbons (Fsp3) is 0.368. The molecule has 1 aliphatic heterocycles. The van der Waals surface area contributed by atoms with E-state index >= 15 is 0 Å². The van der Waals surface area contributed by atoms with Crippen molar-refractivity contribution >= 4 is 0 Å². The summed E-state index contributed by atoms with van der Waals surface area (Å²) in [7, 11) is 0. The summed E-state index contributed by atoms with van der Waals surface area (Å²) in [6.45, 7) is 5.54. The van der Waals surface area contributed by atoms with Gasteiger partial charge in [0.15, 0.2) is 0 Å². The minimum absolute atomic E-state index is 0.166. The number of rotatable bonds is 2. The Morgan fingerprint density at radius 2 is 1.60 bits per heavy atom. The van der Waals surface area contributed by atoms with Gasteiger partial charge in [-0.05, 0) is 44.4 Å². The van der Waals surface area contributed by atoms with Gasteiger partial charge in [-0.3, -0.25) is 0 Å². The third-order valence-electron chi connectivity index (χ3n) is 4.63. The van der Waals surface area contributed by atoms with Crippen LogP contribution in [0.5, 0.6) is 0 Å². The van der Waals surface area contributed by atoms with Gasteiger partial charge >= 0.3 is 0 Å². The maximum atomic E-state index is 3.59. The van der Waals surface area contributed by atoms with E-state index in [1.54, 1.807) is 0 Å². The van der Waals surface area contributed by atoms with Gasteiger partial charge in [-0.2, -0.15) is 0 Å². The van der Waals surface area contributed by atoms with Gasteiger partial charge in [-0.25, -0.2) is 0 Å². The molecule has 1 heterocycles. The van der Waals surface area contributed by atoms with Crippen LogP contribution in [0.1, 0.15) is 36.5 Å². The maximum absolute atomic E-state index is 3.59. The van der Waals surface area contributed by atoms with E-state index in [0.29, 0.717) is 6.04 Å². The van der Waals surface area contributed by atoms with E-state index in [4.69, 9.17) is 0 Å². The molecule has 2 aromatic carbocycles. The van der Waals surface area contributed by atoms with Crippen LogP contribution in [0, 0.1) is 6.92 Å². The van der Waals surface area contributed by atoms with E-state index < -0.39 is 0 Å². The molecule has 2 aromatic rings. The van der Waals surface area contributed by atoms with Gasteiger partial charge in [0, 0.05) is 11.5 Å². The first-order chi connectivity index (χ1) is 9.71. The second kappa shape index (κ2) is 5.41. The lowest BCUT2D eigenvalue weighted by molar-refractivity contribution is 0.304. The fourth-order valence-electron chi connectivity index (χ4n) is 3.55. The molecule has 0 aliphatic carbocycles. The summed E-state index contributed by atoms with van der Waals surface area (Å²) < 4.78 is 0. The number of nitrogens with one attached hydrogen (secondary N) is 1. The lowest BCUT2D eigenvalue weighted by Crippen LogP contribution is -2.45. The molecule has 1 aliphatic rings. The molecule has 1 nitrogen and oxygen atoms in total. The van der Waals surface area contributed by atoms with Crippen LogP contribution in [0.2, 0.25) is 0 Å². The quantitative estimate of drug-likeness (QED) is 0.863. The number of benzene rings is 2. The molecule has 0 bridgehead atoms. The summed E-state index contributed by atoms with van der Waals surface area (Å²) in [6.07, 6.45) is 2.34. The van der Waals surface area contributed by atoms with Crippen LogP contribution in [-0.2, 0) is 5.41 Å². The van der Waals surface area contributed by atoms with E-state index in [-0.39, 0.29) is 5.41 Å². The van der Waals surface area contributed by atoms with Crippen molar-refractivity contribution in [2.45, 2.75) is 38.1 Å². The van der Waals surface area contributed by atoms with Gasteiger partial charge in [0.2, 0.25) is 0 Å². The summed E-state index contributed by atoms with van der Waals surface area (Å²) >= 11 is 0. The first kappa shape index (κ1) is 13.4. The van der Waals surface area contributed by atoms with E-state index in [1.165, 1.54) is 29.5 Å². The Labute approximate surface area is 122 Å². The number of piperidine rings is 1. The summed E-state index contributed by atoms with van der Waals surface area (Å²) in [6, 6.07) is 20.7. The van der Waals surface area contributed by atoms with Gasteiger partial charge in [-0.15, -0.1) is 0 Å². The molecular weight excluding hydrogens is 242 g/mol. The normalized spacial score (nSPS) is 26.4. The molecule has 0 radical (unpaired) electrons. The van der Waals surface area contributed by atoms with Crippen LogP contribution in [0.15, 0.2) is 54.6 Å². The van der Waals surface area contributed by atoms with E-state index in [0.717, 1.165) is 6.54 Å². The van der Waals surface area contributed by atoms with Crippen LogP contribution < -0.4 is 5.32 Å². The van der Waals surface area contributed by atoms with Crippen LogP contribution in [0.3, 0.4) is 0 Å². The number of hydrogen-bond donors (Lipinski definition) is 1. The topological polar surface area (TPSA) is 12.0 Å². The Morgan fingerprint density at radius 1 is 0.950 bits per heavy atom. The Hall–Kier alpha value is -1.60. The SMILES string of the molecule is Cc1ccc(C2(c3ccccc3)CCNC(C)C2)cc1. The first-order valence-electron chi connectivity index (χ1n) is 7.57. The molecule has 3 rings (SSSR count). The average molecular weight is 265 g/mol. The van der Waals surface area contributed by atoms with Crippen molar-refractivity contribution in [3.63, 3.8) is 0 Å². The Morgan fingerprint density at radius 3 is 2.25 bits per heavy atom. The standard InChI is InChI=1S/C19H23N/c1-15-8-10-18(11-9-15)19(12-13-20-16(2)14-19)17-6-4-3-5-7-17/h3-11,16,20H,12-14H2,1-2H3. The third-order valence-corrected chi connectivity index (χ3v) is 4.63. The van der Waals surface area contributed by atoms with E-state index in [2.05, 4.69) is 73.8 Å². The molecule has 104 valence electrons. The fourth-order valence-corrected chi connectivity index (χ4v) is 3.55. The van der Waals surface area contributed by atoms with Crippen molar-refractivity contribution in [3.05, 3.63) is 71.3 Å². The van der Waals surface area contributed by atoms with Crippen molar-refractivity contribution in [1.29, 1.82) is 0 Å². The average Bonchev–Trinajstić information content (AvgIpc) is 2.49. The van der Waals surface area contributed by atoms with Gasteiger partial charge in [0.05, 0.1) is 0 Å². The third kappa shape index (κ3) is 2.38. The molecule has 2 atom stereocenters. The van der Waals surface area contributed by atoms with Crippen LogP contribution >= 0.6 is 0 Å². The zero-order chi connectivity index (χ0) is 14.0. The van der Waals surface area contributed by atoms with Crippen molar-refractivity contribution in [1.82, 2.24) is 5.32 Å². The Balaban J connectivity index is 2.10. The minimum Gasteiger partial charge on any atom is -0.314 e. The van der Waals surface area contributed by atoms with Gasteiger partial charge < -0.3 is 5.32 Å². The van der Waals surface area contributed by atoms with Gasteiger partial charge in [-0.1, -0.05) is 60.2 Å². The largest absolute Gasteiger partial charge is 0.314 e. The van der Waals surface area contributed by atoms with Crippen LogP contribution in [0.4, 0.5) is 0 Å². The molecule has 1 heteroatoms. The lowest BCUT2D eigenvalue weighted by atomic mass is 9.66. The second-order valence-electron chi connectivity index (χ2n) is 6.12. The molecule has 0 saturated carbocycles. The second-order valence-corrected chi connectivity index (χ2v) is 6.12. The van der Waals surface area contributed by atoms with Crippen LogP contribution in [-0.4, -0.2) is 12.6 Å². The van der Waals surface area contributed by atoms with Crippen molar-refractivity contribution in [2.24, 2.45) is 0 Å². The van der Waals surface area contributed by atoms with Crippen molar-refractivity contribution in [2.75, 3.05) is 6.54 Å². The summed E-state index contributed by atoms with van der Waals surface area (Å²) in [5.41, 5.74) is 4.42. The molecule has 0 spiro atoms. The summed E-state index contributed by atoms with van der Waals surface area (Å²) in [5, 5.41) is 3.59. The molecule has 20 heavy (non-hydrogen) atoms.